The van der Waals surface area contributed by atoms with Crippen LogP contribution in [0.15, 0.2) is 52.3 Å². The molecule has 1 atom stereocenters. The van der Waals surface area contributed by atoms with Gasteiger partial charge in [0.15, 0.2) is 19.7 Å². The molecule has 2 aromatic carbocycles. The number of anilines is 1. The van der Waals surface area contributed by atoms with Crippen LogP contribution in [0.3, 0.4) is 0 Å². The van der Waals surface area contributed by atoms with Crippen LogP contribution in [0.2, 0.25) is 0 Å². The lowest BCUT2D eigenvalue weighted by atomic mass is 9.94. The maximum Gasteiger partial charge on any atom is 0.416 e. The summed E-state index contributed by atoms with van der Waals surface area (Å²) in [6.45, 7) is 2.08. The number of nitrogens with zero attached hydrogens (tertiary/aromatic N) is 1. The summed E-state index contributed by atoms with van der Waals surface area (Å²) in [7, 11) is -8.68. The largest absolute Gasteiger partial charge is 0.416 e. The highest BCUT2D eigenvalue weighted by Gasteiger charge is 2.49. The Hall–Kier alpha value is -2.61. The van der Waals surface area contributed by atoms with Gasteiger partial charge in [-0.25, -0.2) is 16.8 Å². The van der Waals surface area contributed by atoms with Crippen molar-refractivity contribution in [3.8, 4) is 0 Å². The minimum Gasteiger partial charge on any atom is -0.311 e. The van der Waals surface area contributed by atoms with E-state index in [4.69, 9.17) is 0 Å². The number of alkyl halides is 6. The predicted octanol–water partition coefficient (Wildman–Crippen LogP) is 4.73. The molecule has 1 saturated heterocycles. The average Bonchev–Trinajstić information content (AvgIpc) is 3.13. The summed E-state index contributed by atoms with van der Waals surface area (Å²) in [5, 5.41) is 0. The molecule has 1 fully saturated rings. The van der Waals surface area contributed by atoms with Crippen LogP contribution >= 0.6 is 0 Å². The molecule has 0 spiro atoms. The van der Waals surface area contributed by atoms with Crippen LogP contribution in [0.25, 0.3) is 0 Å². The number of sulfone groups is 2. The van der Waals surface area contributed by atoms with Crippen LogP contribution in [0, 0.1) is 5.92 Å². The van der Waals surface area contributed by atoms with E-state index in [0.29, 0.717) is 30.5 Å². The minimum atomic E-state index is -4.85. The second kappa shape index (κ2) is 8.75. The molecule has 14 heteroatoms. The van der Waals surface area contributed by atoms with Gasteiger partial charge in [-0.05, 0) is 50.2 Å². The molecule has 3 rings (SSSR count). The van der Waals surface area contributed by atoms with Gasteiger partial charge in [0.05, 0.1) is 31.4 Å². The highest BCUT2D eigenvalue weighted by atomic mass is 32.2. The molecule has 0 saturated carbocycles. The van der Waals surface area contributed by atoms with Gasteiger partial charge in [0.1, 0.15) is 0 Å². The number of benzene rings is 2. The second-order valence-electron chi connectivity index (χ2n) is 8.99. The predicted molar refractivity (Wildman–Crippen MR) is 118 cm³/mol. The summed E-state index contributed by atoms with van der Waals surface area (Å²) in [4.78, 5) is 12.3. The van der Waals surface area contributed by atoms with Gasteiger partial charge in [0, 0.05) is 25.1 Å². The molecule has 0 aromatic heterocycles. The molecule has 36 heavy (non-hydrogen) atoms. The quantitative estimate of drug-likeness (QED) is 0.496. The van der Waals surface area contributed by atoms with Crippen molar-refractivity contribution in [2.24, 2.45) is 5.92 Å². The van der Waals surface area contributed by atoms with Crippen molar-refractivity contribution in [3.63, 3.8) is 0 Å². The Morgan fingerprint density at radius 3 is 1.94 bits per heavy atom. The van der Waals surface area contributed by atoms with E-state index in [2.05, 4.69) is 0 Å². The summed E-state index contributed by atoms with van der Waals surface area (Å²) in [5.74, 6) is -1.75. The van der Waals surface area contributed by atoms with Crippen molar-refractivity contribution in [1.29, 1.82) is 0 Å². The molecule has 0 bridgehead atoms. The summed E-state index contributed by atoms with van der Waals surface area (Å²) in [6.07, 6.45) is -9.39. The normalized spacial score (nSPS) is 18.1. The van der Waals surface area contributed by atoms with Gasteiger partial charge in [-0.1, -0.05) is 6.07 Å². The third-order valence-electron chi connectivity index (χ3n) is 6.25. The molecule has 198 valence electrons. The average molecular weight is 558 g/mol. The zero-order chi connectivity index (χ0) is 27.5. The first-order valence-corrected chi connectivity index (χ1v) is 13.7. The SMILES string of the molecule is CC(C)([C@@H]1CC(=O)N(c2ccc(C(F)(F)F)cc2S(C)(=O)=O)C1)S(=O)(=O)c1cccc(C(F)(F)F)c1. The van der Waals surface area contributed by atoms with Gasteiger partial charge < -0.3 is 4.90 Å². The van der Waals surface area contributed by atoms with Gasteiger partial charge in [-0.15, -0.1) is 0 Å². The highest BCUT2D eigenvalue weighted by Crippen LogP contribution is 2.42. The molecule has 1 aliphatic heterocycles. The van der Waals surface area contributed by atoms with Crippen molar-refractivity contribution in [3.05, 3.63) is 53.6 Å². The molecule has 1 amide bonds. The van der Waals surface area contributed by atoms with E-state index < -0.39 is 75.9 Å². The van der Waals surface area contributed by atoms with Crippen molar-refractivity contribution in [1.82, 2.24) is 0 Å². The standard InChI is InChI=1S/C22H21F6NO5S2/c1-20(2,36(33,34)16-6-4-5-13(9-16)21(23,24)25)15-11-19(30)29(12-15)17-8-7-14(22(26,27)28)10-18(17)35(3,31)32/h4-10,15H,11-12H2,1-3H3/t15-/m1/s1. The first-order valence-electron chi connectivity index (χ1n) is 10.3. The summed E-state index contributed by atoms with van der Waals surface area (Å²) in [6, 6.07) is 4.98. The van der Waals surface area contributed by atoms with Gasteiger partial charge in [-0.3, -0.25) is 4.79 Å². The van der Waals surface area contributed by atoms with Crippen LogP contribution in [-0.2, 0) is 36.8 Å². The Bertz CT molecular complexity index is 1410. The Kier molecular flexibility index (Phi) is 6.80. The van der Waals surface area contributed by atoms with E-state index in [9.17, 15) is 48.0 Å². The van der Waals surface area contributed by atoms with Crippen LogP contribution in [0.1, 0.15) is 31.4 Å². The van der Waals surface area contributed by atoms with E-state index in [1.807, 2.05) is 0 Å². The lowest BCUT2D eigenvalue weighted by Crippen LogP contribution is -2.41. The van der Waals surface area contributed by atoms with Crippen LogP contribution in [0.5, 0.6) is 0 Å². The summed E-state index contributed by atoms with van der Waals surface area (Å²) >= 11 is 0. The molecule has 2 aromatic rings. The topological polar surface area (TPSA) is 88.6 Å². The molecule has 0 unspecified atom stereocenters. The number of carbonyl (C=O) groups is 1. The molecule has 0 N–H and O–H groups in total. The van der Waals surface area contributed by atoms with Gasteiger partial charge >= 0.3 is 12.4 Å². The first kappa shape index (κ1) is 28.0. The maximum absolute atomic E-state index is 13.3. The Morgan fingerprint density at radius 1 is 0.861 bits per heavy atom. The number of halogens is 6. The number of carbonyl (C=O) groups excluding carboxylic acids is 1. The molecular formula is C22H21F6NO5S2. The number of rotatable bonds is 5. The van der Waals surface area contributed by atoms with Crippen LogP contribution in [0.4, 0.5) is 32.0 Å². The van der Waals surface area contributed by atoms with Crippen molar-refractivity contribution in [2.75, 3.05) is 17.7 Å². The monoisotopic (exact) mass is 557 g/mol. The third-order valence-corrected chi connectivity index (χ3v) is 9.97. The smallest absolute Gasteiger partial charge is 0.311 e. The fourth-order valence-corrected chi connectivity index (χ4v) is 6.62. The van der Waals surface area contributed by atoms with Crippen LogP contribution < -0.4 is 4.90 Å². The number of hydrogen-bond donors (Lipinski definition) is 0. The lowest BCUT2D eigenvalue weighted by Gasteiger charge is -2.31. The van der Waals surface area contributed by atoms with Gasteiger partial charge in [0.25, 0.3) is 0 Å². The highest BCUT2D eigenvalue weighted by molar-refractivity contribution is 7.92. The molecule has 1 aliphatic rings. The molecule has 0 aliphatic carbocycles. The van der Waals surface area contributed by atoms with E-state index in [1.165, 1.54) is 13.8 Å². The number of amides is 1. The van der Waals surface area contributed by atoms with Crippen molar-refractivity contribution >= 4 is 31.3 Å². The Morgan fingerprint density at radius 2 is 1.42 bits per heavy atom. The minimum absolute atomic E-state index is 0.342. The molecular weight excluding hydrogens is 536 g/mol. The molecule has 0 radical (unpaired) electrons. The zero-order valence-electron chi connectivity index (χ0n) is 19.1. The summed E-state index contributed by atoms with van der Waals surface area (Å²) < 4.78 is 128. The number of hydrogen-bond acceptors (Lipinski definition) is 5. The maximum atomic E-state index is 13.3. The lowest BCUT2D eigenvalue weighted by molar-refractivity contribution is -0.138. The summed E-state index contributed by atoms with van der Waals surface area (Å²) in [5.41, 5.74) is -2.77. The van der Waals surface area contributed by atoms with Crippen molar-refractivity contribution < 1.29 is 48.0 Å². The van der Waals surface area contributed by atoms with E-state index in [0.717, 1.165) is 23.1 Å². The fraction of sp³-hybridized carbons (Fsp3) is 0.409. The second-order valence-corrected chi connectivity index (χ2v) is 13.5. The molecule has 1 heterocycles. The van der Waals surface area contributed by atoms with Crippen LogP contribution in [-0.4, -0.2) is 40.3 Å². The Balaban J connectivity index is 2.02. The van der Waals surface area contributed by atoms with E-state index >= 15 is 0 Å². The van der Waals surface area contributed by atoms with Gasteiger partial charge in [-0.2, -0.15) is 26.3 Å². The fourth-order valence-electron chi connectivity index (χ4n) is 3.98. The zero-order valence-corrected chi connectivity index (χ0v) is 20.7. The molecule has 6 nitrogen and oxygen atoms in total. The van der Waals surface area contributed by atoms with Gasteiger partial charge in [0.2, 0.25) is 5.91 Å². The first-order chi connectivity index (χ1) is 16.2. The van der Waals surface area contributed by atoms with E-state index in [-0.39, 0.29) is 12.2 Å². The van der Waals surface area contributed by atoms with E-state index in [1.54, 1.807) is 0 Å². The van der Waals surface area contributed by atoms with Crippen molar-refractivity contribution in [2.45, 2.75) is 47.2 Å². The Labute approximate surface area is 203 Å². The third kappa shape index (κ3) is 5.10.